The molecule has 0 saturated carbocycles. The van der Waals surface area contributed by atoms with Crippen LogP contribution in [0.25, 0.3) is 0 Å². The third-order valence-corrected chi connectivity index (χ3v) is 9.03. The molecule has 4 atom stereocenters. The van der Waals surface area contributed by atoms with E-state index >= 15 is 0 Å². The predicted octanol–water partition coefficient (Wildman–Crippen LogP) is 8.74. The van der Waals surface area contributed by atoms with Gasteiger partial charge in [0.15, 0.2) is 6.10 Å². The van der Waals surface area contributed by atoms with E-state index in [2.05, 4.69) is 25.7 Å². The van der Waals surface area contributed by atoms with Crippen molar-refractivity contribution in [1.29, 1.82) is 0 Å². The Labute approximate surface area is 300 Å². The molecular weight excluding hydrogens is 626 g/mol. The Morgan fingerprint density at radius 3 is 1.98 bits per heavy atom. The Kier molecular flexibility index (Phi) is 17.4. The summed E-state index contributed by atoms with van der Waals surface area (Å²) < 4.78 is 29.3. The zero-order valence-electron chi connectivity index (χ0n) is 30.6. The number of hydrogen-bond donors (Lipinski definition) is 0. The van der Waals surface area contributed by atoms with Gasteiger partial charge in [-0.3, -0.25) is 4.79 Å². The maximum atomic E-state index is 14.1. The lowest BCUT2D eigenvalue weighted by molar-refractivity contribution is -0.142. The van der Waals surface area contributed by atoms with Gasteiger partial charge in [0.2, 0.25) is 0 Å². The Hall–Kier alpha value is -3.67. The molecule has 50 heavy (non-hydrogen) atoms. The lowest BCUT2D eigenvalue weighted by atomic mass is 10.00. The van der Waals surface area contributed by atoms with Crippen molar-refractivity contribution in [1.82, 2.24) is 4.90 Å². The van der Waals surface area contributed by atoms with Crippen molar-refractivity contribution in [3.8, 4) is 17.6 Å². The largest absolute Gasteiger partial charge is 0.497 e. The van der Waals surface area contributed by atoms with Gasteiger partial charge in [0.25, 0.3) is 5.91 Å². The Morgan fingerprint density at radius 1 is 0.740 bits per heavy atom. The monoisotopic (exact) mass is 683 g/mol. The summed E-state index contributed by atoms with van der Waals surface area (Å²) in [7, 11) is 3.33. The molecule has 7 nitrogen and oxygen atoms in total. The molecule has 4 rings (SSSR count). The molecule has 0 bridgehead atoms. The molecule has 3 aromatic carbocycles. The van der Waals surface area contributed by atoms with Gasteiger partial charge in [0.1, 0.15) is 24.7 Å². The zero-order chi connectivity index (χ0) is 35.4. The van der Waals surface area contributed by atoms with E-state index in [-0.39, 0.29) is 12.0 Å². The summed E-state index contributed by atoms with van der Waals surface area (Å²) in [4.78, 5) is 15.9. The predicted molar refractivity (Wildman–Crippen MR) is 198 cm³/mol. The van der Waals surface area contributed by atoms with Gasteiger partial charge >= 0.3 is 0 Å². The number of rotatable bonds is 22. The molecule has 0 N–H and O–H groups in total. The Morgan fingerprint density at radius 2 is 1.36 bits per heavy atom. The molecule has 1 heterocycles. The van der Waals surface area contributed by atoms with Crippen molar-refractivity contribution in [3.63, 3.8) is 0 Å². The number of ether oxygens (including phenoxy) is 5. The fourth-order valence-corrected chi connectivity index (χ4v) is 6.35. The highest BCUT2D eigenvalue weighted by Gasteiger charge is 2.49. The summed E-state index contributed by atoms with van der Waals surface area (Å²) in [5.74, 6) is 8.20. The third kappa shape index (κ3) is 13.2. The molecule has 0 aliphatic carbocycles. The van der Waals surface area contributed by atoms with E-state index in [1.807, 2.05) is 89.8 Å². The summed E-state index contributed by atoms with van der Waals surface area (Å²) in [6.07, 6.45) is 8.89. The summed E-state index contributed by atoms with van der Waals surface area (Å²) in [5, 5.41) is 0. The molecule has 0 radical (unpaired) electrons. The van der Waals surface area contributed by atoms with Crippen LogP contribution >= 0.6 is 0 Å². The number of amides is 1. The van der Waals surface area contributed by atoms with Gasteiger partial charge in [-0.2, -0.15) is 0 Å². The van der Waals surface area contributed by atoms with Gasteiger partial charge in [-0.25, -0.2) is 0 Å². The first-order valence-electron chi connectivity index (χ1n) is 18.3. The van der Waals surface area contributed by atoms with Crippen LogP contribution in [0.5, 0.6) is 5.75 Å². The van der Waals surface area contributed by atoms with Crippen molar-refractivity contribution in [2.45, 2.75) is 116 Å². The first-order chi connectivity index (χ1) is 24.5. The first kappa shape index (κ1) is 39.1. The maximum absolute atomic E-state index is 14.1. The molecule has 0 unspecified atom stereocenters. The summed E-state index contributed by atoms with van der Waals surface area (Å²) >= 11 is 0. The van der Waals surface area contributed by atoms with Crippen LogP contribution in [0.3, 0.4) is 0 Å². The molecule has 0 spiro atoms. The van der Waals surface area contributed by atoms with Crippen LogP contribution in [0.15, 0.2) is 84.9 Å². The van der Waals surface area contributed by atoms with E-state index in [1.165, 1.54) is 25.7 Å². The number of methoxy groups -OCH3 is 2. The van der Waals surface area contributed by atoms with Gasteiger partial charge in [0.05, 0.1) is 26.4 Å². The van der Waals surface area contributed by atoms with Crippen molar-refractivity contribution >= 4 is 5.91 Å². The number of carbonyl (C=O) groups is 1. The molecule has 3 aromatic rings. The van der Waals surface area contributed by atoms with Crippen LogP contribution in [0, 0.1) is 17.8 Å². The van der Waals surface area contributed by atoms with Crippen LogP contribution in [-0.2, 0) is 43.5 Å². The molecule has 7 heteroatoms. The summed E-state index contributed by atoms with van der Waals surface area (Å²) in [5.41, 5.74) is 3.05. The average molecular weight is 684 g/mol. The van der Waals surface area contributed by atoms with Crippen LogP contribution < -0.4 is 4.74 Å². The first-order valence-corrected chi connectivity index (χ1v) is 18.3. The van der Waals surface area contributed by atoms with Crippen LogP contribution in [-0.4, -0.2) is 56.2 Å². The molecule has 1 amide bonds. The second kappa shape index (κ2) is 22.2. The highest BCUT2D eigenvalue weighted by atomic mass is 16.7. The molecule has 1 aliphatic heterocycles. The number of likely N-dealkylation sites (tertiary alicyclic amines) is 1. The smallest absolute Gasteiger partial charge is 0.255 e. The van der Waals surface area contributed by atoms with Crippen molar-refractivity contribution < 1.29 is 28.5 Å². The number of nitrogens with zero attached hydrogens (tertiary/aromatic N) is 1. The molecule has 1 aliphatic rings. The third-order valence-electron chi connectivity index (χ3n) is 9.03. The topological polar surface area (TPSA) is 66.5 Å². The quantitative estimate of drug-likeness (QED) is 0.0600. The van der Waals surface area contributed by atoms with Gasteiger partial charge in [-0.1, -0.05) is 125 Å². The second-order valence-corrected chi connectivity index (χ2v) is 13.5. The molecule has 270 valence electrons. The van der Waals surface area contributed by atoms with Gasteiger partial charge in [-0.05, 0) is 54.0 Å². The lowest BCUT2D eigenvalue weighted by Crippen LogP contribution is -2.37. The Bertz CT molecular complexity index is 1420. The molecular formula is C43H57NO6. The van der Waals surface area contributed by atoms with Crippen molar-refractivity contribution in [2.24, 2.45) is 5.92 Å². The minimum atomic E-state index is -0.767. The molecule has 0 aromatic heterocycles. The molecule has 1 fully saturated rings. The number of benzene rings is 3. The number of hydrogen-bond acceptors (Lipinski definition) is 6. The second-order valence-electron chi connectivity index (χ2n) is 13.5. The summed E-state index contributed by atoms with van der Waals surface area (Å²) in [6, 6.07) is 27.4. The van der Waals surface area contributed by atoms with Crippen molar-refractivity contribution in [2.75, 3.05) is 21.0 Å². The van der Waals surface area contributed by atoms with E-state index in [4.69, 9.17) is 23.7 Å². The Balaban J connectivity index is 1.38. The maximum Gasteiger partial charge on any atom is 0.255 e. The van der Waals surface area contributed by atoms with E-state index in [0.29, 0.717) is 32.5 Å². The van der Waals surface area contributed by atoms with Crippen LogP contribution in [0.1, 0.15) is 88.3 Å². The fraction of sp³-hybridized carbons (Fsp3) is 0.512. The van der Waals surface area contributed by atoms with Crippen LogP contribution in [0.2, 0.25) is 0 Å². The standard InChI is InChI=1S/C43H57NO6/c1-34(2)29-39(50-33-46-3)23-17-9-7-5-6-8-10-18-24-40-41(48-31-36-19-13-11-14-20-36)42(49-32-37-21-15-12-16-22-37)43(45)44(40)30-35-25-27-38(47-4)28-26-35/h11-16,19-22,25-28,34,39-42H,5-10,17,23,29-33H2,1-4H3/t39-,40-,41+,42-/m0/s1. The van der Waals surface area contributed by atoms with E-state index < -0.39 is 18.2 Å². The average Bonchev–Trinajstić information content (AvgIpc) is 3.38. The van der Waals surface area contributed by atoms with Crippen molar-refractivity contribution in [3.05, 3.63) is 102 Å². The van der Waals surface area contributed by atoms with Gasteiger partial charge in [0, 0.05) is 20.1 Å². The summed E-state index contributed by atoms with van der Waals surface area (Å²) in [6.45, 7) is 5.95. The van der Waals surface area contributed by atoms with E-state index in [0.717, 1.165) is 54.5 Å². The zero-order valence-corrected chi connectivity index (χ0v) is 30.6. The van der Waals surface area contributed by atoms with Gasteiger partial charge in [-0.15, -0.1) is 5.92 Å². The SMILES string of the molecule is COCO[C@@H](CCCCCCCCC#C[C@H]1[C@@H](OCc2ccccc2)[C@H](OCc2ccccc2)C(=O)N1Cc1ccc(OC)cc1)CC(C)C. The lowest BCUT2D eigenvalue weighted by Gasteiger charge is -2.24. The number of unbranched alkanes of at least 4 members (excludes halogenated alkanes) is 6. The normalized spacial score (nSPS) is 17.9. The number of carbonyl (C=O) groups excluding carboxylic acids is 1. The highest BCUT2D eigenvalue weighted by molar-refractivity contribution is 5.85. The minimum Gasteiger partial charge on any atom is -0.497 e. The van der Waals surface area contributed by atoms with E-state index in [9.17, 15) is 4.79 Å². The fourth-order valence-electron chi connectivity index (χ4n) is 6.35. The molecule has 1 saturated heterocycles. The highest BCUT2D eigenvalue weighted by Crippen LogP contribution is 2.29. The van der Waals surface area contributed by atoms with E-state index in [1.54, 1.807) is 14.2 Å². The minimum absolute atomic E-state index is 0.0997. The van der Waals surface area contributed by atoms with Gasteiger partial charge < -0.3 is 28.6 Å². The van der Waals surface area contributed by atoms with Crippen LogP contribution in [0.4, 0.5) is 0 Å².